The lowest BCUT2D eigenvalue weighted by molar-refractivity contribution is -0.134. The van der Waals surface area contributed by atoms with Gasteiger partial charge in [-0.15, -0.1) is 0 Å². The summed E-state index contributed by atoms with van der Waals surface area (Å²) in [6.07, 6.45) is 4.25. The first-order chi connectivity index (χ1) is 11.9. The largest absolute Gasteiger partial charge is 0.325 e. The van der Waals surface area contributed by atoms with Gasteiger partial charge in [-0.25, -0.2) is 4.79 Å². The number of nitrogens with zero attached hydrogens (tertiary/aromatic N) is 1. The Hall–Kier alpha value is -2.37. The summed E-state index contributed by atoms with van der Waals surface area (Å²) in [4.78, 5) is 38.4. The third-order valence-corrected chi connectivity index (χ3v) is 5.11. The van der Waals surface area contributed by atoms with Gasteiger partial charge in [0.1, 0.15) is 12.1 Å². The molecular weight excluding hydrogens is 318 g/mol. The highest BCUT2D eigenvalue weighted by Gasteiger charge is 2.51. The van der Waals surface area contributed by atoms with E-state index in [4.69, 9.17) is 0 Å². The van der Waals surface area contributed by atoms with E-state index in [0.29, 0.717) is 12.8 Å². The zero-order valence-electron chi connectivity index (χ0n) is 14.8. The number of nitrogens with one attached hydrogen (secondary N) is 2. The second-order valence-electron chi connectivity index (χ2n) is 7.25. The first kappa shape index (κ1) is 17.5. The lowest BCUT2D eigenvalue weighted by Crippen LogP contribution is -2.48. The highest BCUT2D eigenvalue weighted by molar-refractivity contribution is 6.10. The Labute approximate surface area is 148 Å². The van der Waals surface area contributed by atoms with E-state index in [1.54, 1.807) is 0 Å². The van der Waals surface area contributed by atoms with Crippen molar-refractivity contribution >= 4 is 23.5 Å². The maximum absolute atomic E-state index is 12.7. The van der Waals surface area contributed by atoms with Crippen molar-refractivity contribution in [3.63, 3.8) is 0 Å². The van der Waals surface area contributed by atoms with Crippen LogP contribution in [-0.4, -0.2) is 34.8 Å². The smallest absolute Gasteiger partial charge is 0.324 e. The highest BCUT2D eigenvalue weighted by Crippen LogP contribution is 2.33. The second kappa shape index (κ2) is 6.86. The van der Waals surface area contributed by atoms with Crippen LogP contribution in [0.5, 0.6) is 0 Å². The molecule has 1 saturated carbocycles. The molecule has 2 N–H and O–H groups in total. The quantitative estimate of drug-likeness (QED) is 0.825. The van der Waals surface area contributed by atoms with E-state index in [0.717, 1.165) is 35.4 Å². The SMILES string of the molecule is CC(C)c1ccccc1NC(=O)CN1C(=O)NC2(CCCCC2)C1=O. The fourth-order valence-corrected chi connectivity index (χ4v) is 3.76. The lowest BCUT2D eigenvalue weighted by Gasteiger charge is -2.30. The van der Waals surface area contributed by atoms with Crippen LogP contribution >= 0.6 is 0 Å². The van der Waals surface area contributed by atoms with Crippen LogP contribution in [0.4, 0.5) is 10.5 Å². The summed E-state index contributed by atoms with van der Waals surface area (Å²) in [6, 6.07) is 7.12. The van der Waals surface area contributed by atoms with E-state index >= 15 is 0 Å². The highest BCUT2D eigenvalue weighted by atomic mass is 16.2. The number of carbonyl (C=O) groups is 3. The number of urea groups is 1. The van der Waals surface area contributed by atoms with Gasteiger partial charge in [-0.1, -0.05) is 51.3 Å². The molecule has 1 heterocycles. The minimum atomic E-state index is -0.786. The zero-order chi connectivity index (χ0) is 18.0. The average Bonchev–Trinajstić information content (AvgIpc) is 2.80. The molecule has 0 aromatic heterocycles. The van der Waals surface area contributed by atoms with Crippen molar-refractivity contribution in [3.05, 3.63) is 29.8 Å². The first-order valence-corrected chi connectivity index (χ1v) is 8.96. The maximum atomic E-state index is 12.7. The molecule has 2 fully saturated rings. The van der Waals surface area contributed by atoms with Crippen LogP contribution in [0.3, 0.4) is 0 Å². The van der Waals surface area contributed by atoms with Crippen LogP contribution in [-0.2, 0) is 9.59 Å². The van der Waals surface area contributed by atoms with Gasteiger partial charge >= 0.3 is 6.03 Å². The number of para-hydroxylation sites is 1. The van der Waals surface area contributed by atoms with Crippen molar-refractivity contribution in [2.45, 2.75) is 57.4 Å². The molecule has 25 heavy (non-hydrogen) atoms. The molecule has 2 aliphatic rings. The van der Waals surface area contributed by atoms with E-state index in [9.17, 15) is 14.4 Å². The molecule has 0 unspecified atom stereocenters. The summed E-state index contributed by atoms with van der Waals surface area (Å²) in [7, 11) is 0. The predicted octanol–water partition coefficient (Wildman–Crippen LogP) is 3.00. The molecular formula is C19H25N3O3. The molecule has 6 nitrogen and oxygen atoms in total. The summed E-state index contributed by atoms with van der Waals surface area (Å²) >= 11 is 0. The number of carbonyl (C=O) groups excluding carboxylic acids is 3. The van der Waals surface area contributed by atoms with Crippen molar-refractivity contribution in [2.75, 3.05) is 11.9 Å². The fourth-order valence-electron chi connectivity index (χ4n) is 3.76. The molecule has 1 aliphatic carbocycles. The van der Waals surface area contributed by atoms with Gasteiger partial charge in [0.15, 0.2) is 0 Å². The van der Waals surface area contributed by atoms with Crippen LogP contribution in [0.1, 0.15) is 57.4 Å². The Bertz CT molecular complexity index is 693. The van der Waals surface area contributed by atoms with Crippen LogP contribution in [0, 0.1) is 0 Å². The Balaban J connectivity index is 1.69. The van der Waals surface area contributed by atoms with Crippen molar-refractivity contribution < 1.29 is 14.4 Å². The number of hydrogen-bond acceptors (Lipinski definition) is 3. The molecule has 6 heteroatoms. The van der Waals surface area contributed by atoms with Gasteiger partial charge in [0.25, 0.3) is 5.91 Å². The van der Waals surface area contributed by atoms with E-state index in [-0.39, 0.29) is 24.3 Å². The summed E-state index contributed by atoms with van der Waals surface area (Å²) in [5.41, 5.74) is 0.963. The molecule has 1 aliphatic heterocycles. The van der Waals surface area contributed by atoms with Gasteiger partial charge in [-0.05, 0) is 30.4 Å². The number of imide groups is 1. The molecule has 1 aromatic rings. The normalized spacial score (nSPS) is 19.4. The predicted molar refractivity (Wildman–Crippen MR) is 95.2 cm³/mol. The summed E-state index contributed by atoms with van der Waals surface area (Å²) in [5.74, 6) is -0.354. The molecule has 134 valence electrons. The molecule has 3 rings (SSSR count). The average molecular weight is 343 g/mol. The van der Waals surface area contributed by atoms with E-state index in [2.05, 4.69) is 24.5 Å². The number of amides is 4. The second-order valence-corrected chi connectivity index (χ2v) is 7.25. The minimum absolute atomic E-state index is 0.251. The van der Waals surface area contributed by atoms with E-state index in [1.165, 1.54) is 0 Å². The topological polar surface area (TPSA) is 78.5 Å². The van der Waals surface area contributed by atoms with Crippen LogP contribution in [0.2, 0.25) is 0 Å². The Morgan fingerprint density at radius 2 is 1.88 bits per heavy atom. The van der Waals surface area contributed by atoms with Crippen LogP contribution in [0.25, 0.3) is 0 Å². The molecule has 1 aromatic carbocycles. The van der Waals surface area contributed by atoms with E-state index in [1.807, 2.05) is 24.3 Å². The molecule has 0 radical (unpaired) electrons. The number of benzene rings is 1. The molecule has 0 bridgehead atoms. The van der Waals surface area contributed by atoms with Gasteiger partial charge in [-0.2, -0.15) is 0 Å². The molecule has 0 atom stereocenters. The monoisotopic (exact) mass is 343 g/mol. The number of rotatable bonds is 4. The Kier molecular flexibility index (Phi) is 4.79. The van der Waals surface area contributed by atoms with Gasteiger partial charge in [0.05, 0.1) is 0 Å². The van der Waals surface area contributed by atoms with Crippen LogP contribution in [0.15, 0.2) is 24.3 Å². The Morgan fingerprint density at radius 3 is 2.56 bits per heavy atom. The van der Waals surface area contributed by atoms with Crippen LogP contribution < -0.4 is 10.6 Å². The van der Waals surface area contributed by atoms with Gasteiger partial charge < -0.3 is 10.6 Å². The van der Waals surface area contributed by atoms with Crippen molar-refractivity contribution in [3.8, 4) is 0 Å². The van der Waals surface area contributed by atoms with E-state index < -0.39 is 11.6 Å². The fraction of sp³-hybridized carbons (Fsp3) is 0.526. The van der Waals surface area contributed by atoms with Crippen molar-refractivity contribution in [1.29, 1.82) is 0 Å². The number of hydrogen-bond donors (Lipinski definition) is 2. The third kappa shape index (κ3) is 3.38. The molecule has 1 saturated heterocycles. The lowest BCUT2D eigenvalue weighted by atomic mass is 9.82. The van der Waals surface area contributed by atoms with Gasteiger partial charge in [0, 0.05) is 5.69 Å². The zero-order valence-corrected chi connectivity index (χ0v) is 14.8. The first-order valence-electron chi connectivity index (χ1n) is 8.96. The summed E-state index contributed by atoms with van der Waals surface area (Å²) < 4.78 is 0. The molecule has 4 amide bonds. The Morgan fingerprint density at radius 1 is 1.20 bits per heavy atom. The molecule has 1 spiro atoms. The number of anilines is 1. The maximum Gasteiger partial charge on any atom is 0.325 e. The summed E-state index contributed by atoms with van der Waals surface area (Å²) in [6.45, 7) is 3.85. The standard InChI is InChI=1S/C19H25N3O3/c1-13(2)14-8-4-5-9-15(14)20-16(23)12-22-17(24)19(21-18(22)25)10-6-3-7-11-19/h4-5,8-9,13H,3,6-7,10-12H2,1-2H3,(H,20,23)(H,21,25). The third-order valence-electron chi connectivity index (χ3n) is 5.11. The summed E-state index contributed by atoms with van der Waals surface area (Å²) in [5, 5.41) is 5.66. The van der Waals surface area contributed by atoms with Crippen molar-refractivity contribution in [2.24, 2.45) is 0 Å². The van der Waals surface area contributed by atoms with Gasteiger partial charge in [0.2, 0.25) is 5.91 Å². The van der Waals surface area contributed by atoms with Gasteiger partial charge in [-0.3, -0.25) is 14.5 Å². The minimum Gasteiger partial charge on any atom is -0.324 e. The van der Waals surface area contributed by atoms with Crippen molar-refractivity contribution in [1.82, 2.24) is 10.2 Å².